The number of aliphatic hydroxyl groups is 1. The molecule has 0 saturated heterocycles. The molecule has 0 radical (unpaired) electrons. The Bertz CT molecular complexity index is 921. The fourth-order valence-corrected chi connectivity index (χ4v) is 7.70. The molecule has 4 aliphatic carbocycles. The molecule has 3 fully saturated rings. The molecule has 0 aromatic carbocycles. The molecule has 6 atom stereocenters. The van der Waals surface area contributed by atoms with E-state index >= 15 is 0 Å². The van der Waals surface area contributed by atoms with Gasteiger partial charge in [0.05, 0.1) is 24.6 Å². The molecule has 1 aromatic heterocycles. The van der Waals surface area contributed by atoms with E-state index in [4.69, 9.17) is 9.25 Å². The number of nitrogens with zero attached hydrogens (tertiary/aromatic N) is 3. The van der Waals surface area contributed by atoms with Gasteiger partial charge < -0.3 is 19.3 Å². The van der Waals surface area contributed by atoms with Gasteiger partial charge in [0.25, 0.3) is 0 Å². The average Bonchev–Trinajstić information content (AvgIpc) is 3.34. The Morgan fingerprint density at radius 3 is 2.82 bits per heavy atom. The Kier molecular flexibility index (Phi) is 6.19. The second-order valence-corrected chi connectivity index (χ2v) is 11.8. The molecule has 182 valence electrons. The summed E-state index contributed by atoms with van der Waals surface area (Å²) in [4.78, 5) is 12.0. The topological polar surface area (TPSA) is 71.1 Å². The number of aliphatic hydroxyl groups excluding tert-OH is 1. The predicted octanol–water partition coefficient (Wildman–Crippen LogP) is 4.98. The highest BCUT2D eigenvalue weighted by molar-refractivity contribution is 5.96. The van der Waals surface area contributed by atoms with Crippen LogP contribution in [0.3, 0.4) is 0 Å². The molecule has 0 aliphatic heterocycles. The summed E-state index contributed by atoms with van der Waals surface area (Å²) in [6.45, 7) is 6.09. The van der Waals surface area contributed by atoms with Gasteiger partial charge in [-0.3, -0.25) is 0 Å². The van der Waals surface area contributed by atoms with E-state index < -0.39 is 0 Å². The minimum absolute atomic E-state index is 0.0908. The van der Waals surface area contributed by atoms with Gasteiger partial charge in [-0.25, -0.2) is 4.98 Å². The third-order valence-corrected chi connectivity index (χ3v) is 9.60. The Morgan fingerprint density at radius 1 is 1.15 bits per heavy atom. The van der Waals surface area contributed by atoms with Gasteiger partial charge in [0, 0.05) is 6.42 Å². The third kappa shape index (κ3) is 4.18. The standard InChI is InChI=1S/C27H41N3O3/c1-26-12-9-19(29-32-14-11-20-16-28-25(33-20)17-30(3)4)15-18(26)5-6-21-22-7-8-24(31)27(22,2)13-10-23(21)26/h15-16,21-24,31H,5-14,17H2,1-4H3/t21?,22?,23?,24-,26-,27-/m0/s1. The first-order chi connectivity index (χ1) is 15.8. The lowest BCUT2D eigenvalue weighted by molar-refractivity contribution is -0.0722. The highest BCUT2D eigenvalue weighted by Crippen LogP contribution is 2.65. The van der Waals surface area contributed by atoms with Crippen LogP contribution in [0.4, 0.5) is 0 Å². The van der Waals surface area contributed by atoms with Crippen molar-refractivity contribution in [2.24, 2.45) is 33.7 Å². The molecule has 6 heteroatoms. The number of allylic oxidation sites excluding steroid dienone is 2. The summed E-state index contributed by atoms with van der Waals surface area (Å²) in [5.74, 6) is 3.82. The Labute approximate surface area is 198 Å². The molecule has 0 spiro atoms. The summed E-state index contributed by atoms with van der Waals surface area (Å²) in [5, 5.41) is 15.2. The van der Waals surface area contributed by atoms with Crippen molar-refractivity contribution < 1.29 is 14.4 Å². The van der Waals surface area contributed by atoms with Crippen molar-refractivity contribution in [1.29, 1.82) is 0 Å². The van der Waals surface area contributed by atoms with Crippen molar-refractivity contribution in [3.05, 3.63) is 29.5 Å². The van der Waals surface area contributed by atoms with E-state index in [9.17, 15) is 5.11 Å². The van der Waals surface area contributed by atoms with Gasteiger partial charge in [-0.2, -0.15) is 0 Å². The minimum Gasteiger partial charge on any atom is -0.444 e. The van der Waals surface area contributed by atoms with E-state index in [1.165, 1.54) is 38.5 Å². The lowest BCUT2D eigenvalue weighted by Crippen LogP contribution is -2.51. The largest absolute Gasteiger partial charge is 0.444 e. The number of fused-ring (bicyclic) bond motifs is 5. The van der Waals surface area contributed by atoms with Crippen LogP contribution >= 0.6 is 0 Å². The van der Waals surface area contributed by atoms with Crippen molar-refractivity contribution in [2.45, 2.75) is 84.3 Å². The molecule has 4 aliphatic rings. The summed E-state index contributed by atoms with van der Waals surface area (Å²) >= 11 is 0. The van der Waals surface area contributed by atoms with Crippen LogP contribution in [0, 0.1) is 28.6 Å². The number of oxime groups is 1. The van der Waals surface area contributed by atoms with Gasteiger partial charge in [0.1, 0.15) is 12.4 Å². The van der Waals surface area contributed by atoms with Crippen LogP contribution in [-0.2, 0) is 17.8 Å². The normalized spacial score (nSPS) is 39.2. The van der Waals surface area contributed by atoms with Crippen molar-refractivity contribution in [3.63, 3.8) is 0 Å². The molecule has 1 heterocycles. The van der Waals surface area contributed by atoms with Crippen LogP contribution in [0.25, 0.3) is 0 Å². The van der Waals surface area contributed by atoms with Crippen LogP contribution < -0.4 is 0 Å². The summed E-state index contributed by atoms with van der Waals surface area (Å²) in [5.41, 5.74) is 3.12. The molecule has 5 rings (SSSR count). The summed E-state index contributed by atoms with van der Waals surface area (Å²) in [7, 11) is 4.01. The highest BCUT2D eigenvalue weighted by atomic mass is 16.6. The van der Waals surface area contributed by atoms with E-state index in [-0.39, 0.29) is 11.5 Å². The lowest BCUT2D eigenvalue weighted by Gasteiger charge is -2.57. The maximum Gasteiger partial charge on any atom is 0.208 e. The zero-order chi connectivity index (χ0) is 23.2. The van der Waals surface area contributed by atoms with E-state index in [0.29, 0.717) is 30.9 Å². The third-order valence-electron chi connectivity index (χ3n) is 9.60. The molecular weight excluding hydrogens is 414 g/mol. The number of oxazole rings is 1. The highest BCUT2D eigenvalue weighted by Gasteiger charge is 2.58. The first kappa shape index (κ1) is 23.1. The monoisotopic (exact) mass is 455 g/mol. The Balaban J connectivity index is 1.20. The van der Waals surface area contributed by atoms with Crippen molar-refractivity contribution in [2.75, 3.05) is 20.7 Å². The second-order valence-electron chi connectivity index (χ2n) is 11.8. The number of hydrogen-bond acceptors (Lipinski definition) is 6. The maximum absolute atomic E-state index is 10.7. The van der Waals surface area contributed by atoms with Gasteiger partial charge in [-0.05, 0) is 100 Å². The average molecular weight is 456 g/mol. The number of hydrogen-bond donors (Lipinski definition) is 1. The van der Waals surface area contributed by atoms with Gasteiger partial charge in [0.2, 0.25) is 5.89 Å². The second kappa shape index (κ2) is 8.84. The molecular formula is C27H41N3O3. The van der Waals surface area contributed by atoms with Crippen molar-refractivity contribution >= 4 is 5.71 Å². The van der Waals surface area contributed by atoms with Gasteiger partial charge in [-0.1, -0.05) is 24.6 Å². The van der Waals surface area contributed by atoms with Crippen molar-refractivity contribution in [3.8, 4) is 0 Å². The van der Waals surface area contributed by atoms with E-state index in [2.05, 4.69) is 30.1 Å². The quantitative estimate of drug-likeness (QED) is 0.484. The van der Waals surface area contributed by atoms with Gasteiger partial charge in [-0.15, -0.1) is 0 Å². The zero-order valence-electron chi connectivity index (χ0n) is 20.8. The van der Waals surface area contributed by atoms with E-state index in [0.717, 1.165) is 42.0 Å². The van der Waals surface area contributed by atoms with Crippen molar-refractivity contribution in [1.82, 2.24) is 9.88 Å². The predicted molar refractivity (Wildman–Crippen MR) is 129 cm³/mol. The first-order valence-corrected chi connectivity index (χ1v) is 13.0. The van der Waals surface area contributed by atoms with E-state index in [1.54, 1.807) is 11.8 Å². The smallest absolute Gasteiger partial charge is 0.208 e. The van der Waals surface area contributed by atoms with Gasteiger partial charge >= 0.3 is 0 Å². The fraction of sp³-hybridized carbons (Fsp3) is 0.778. The lowest BCUT2D eigenvalue weighted by atomic mass is 9.47. The first-order valence-electron chi connectivity index (χ1n) is 13.0. The van der Waals surface area contributed by atoms with Crippen LogP contribution in [0.15, 0.2) is 27.4 Å². The molecule has 0 bridgehead atoms. The SMILES string of the molecule is CN(C)Cc1ncc(CCON=C2C=C3CCC4C(CC[C@@]5(C)C4CC[C@@H]5O)[C@@]3(C)CC2)o1. The zero-order valence-corrected chi connectivity index (χ0v) is 20.8. The Hall–Kier alpha value is -1.66. The Morgan fingerprint density at radius 2 is 2.00 bits per heavy atom. The molecule has 3 saturated carbocycles. The van der Waals surface area contributed by atoms with Crippen LogP contribution in [-0.4, -0.2) is 47.5 Å². The van der Waals surface area contributed by atoms with E-state index in [1.807, 2.05) is 19.0 Å². The molecule has 1 aromatic rings. The molecule has 1 N–H and O–H groups in total. The number of aromatic nitrogens is 1. The summed E-state index contributed by atoms with van der Waals surface area (Å²) < 4.78 is 5.76. The molecule has 0 amide bonds. The fourth-order valence-electron chi connectivity index (χ4n) is 7.70. The van der Waals surface area contributed by atoms with Crippen LogP contribution in [0.5, 0.6) is 0 Å². The van der Waals surface area contributed by atoms with Crippen LogP contribution in [0.1, 0.15) is 76.9 Å². The van der Waals surface area contributed by atoms with Crippen LogP contribution in [0.2, 0.25) is 0 Å². The van der Waals surface area contributed by atoms with Gasteiger partial charge in [0.15, 0.2) is 0 Å². The minimum atomic E-state index is -0.0908. The molecule has 3 unspecified atom stereocenters. The molecule has 6 nitrogen and oxygen atoms in total. The summed E-state index contributed by atoms with van der Waals surface area (Å²) in [6, 6.07) is 0. The number of rotatable bonds is 6. The summed E-state index contributed by atoms with van der Waals surface area (Å²) in [6.07, 6.45) is 14.0. The molecule has 33 heavy (non-hydrogen) atoms. The maximum atomic E-state index is 10.7.